The Labute approximate surface area is 112 Å². The van der Waals surface area contributed by atoms with E-state index in [-0.39, 0.29) is 11.0 Å². The van der Waals surface area contributed by atoms with Crippen molar-refractivity contribution in [1.82, 2.24) is 0 Å². The van der Waals surface area contributed by atoms with E-state index in [1.807, 2.05) is 26.0 Å². The largest absolute Gasteiger partial charge is 0.507 e. The SMILES string of the molecule is CC(C)(N)Cc1cc(Br)cc(C(C)(C)C)c1O. The molecule has 1 rings (SSSR count). The fourth-order valence-corrected chi connectivity index (χ4v) is 2.36. The topological polar surface area (TPSA) is 46.2 Å². The van der Waals surface area contributed by atoms with Gasteiger partial charge in [0.1, 0.15) is 5.75 Å². The maximum absolute atomic E-state index is 10.3. The van der Waals surface area contributed by atoms with Gasteiger partial charge in [-0.05, 0) is 43.4 Å². The number of hydrogen-bond donors (Lipinski definition) is 2. The maximum Gasteiger partial charge on any atom is 0.122 e. The number of nitrogens with two attached hydrogens (primary N) is 1. The third-order valence-electron chi connectivity index (χ3n) is 2.61. The zero-order chi connectivity index (χ0) is 13.4. The second-order valence-electron chi connectivity index (χ2n) is 6.38. The van der Waals surface area contributed by atoms with Crippen molar-refractivity contribution in [3.05, 3.63) is 27.7 Å². The van der Waals surface area contributed by atoms with Gasteiger partial charge in [0.05, 0.1) is 0 Å². The van der Waals surface area contributed by atoms with E-state index >= 15 is 0 Å². The van der Waals surface area contributed by atoms with Gasteiger partial charge in [-0.2, -0.15) is 0 Å². The summed E-state index contributed by atoms with van der Waals surface area (Å²) in [5.41, 5.74) is 7.46. The summed E-state index contributed by atoms with van der Waals surface area (Å²) in [7, 11) is 0. The van der Waals surface area contributed by atoms with Crippen LogP contribution in [0.5, 0.6) is 5.75 Å². The highest BCUT2D eigenvalue weighted by Crippen LogP contribution is 2.36. The van der Waals surface area contributed by atoms with Gasteiger partial charge in [-0.15, -0.1) is 0 Å². The van der Waals surface area contributed by atoms with E-state index in [4.69, 9.17) is 5.73 Å². The van der Waals surface area contributed by atoms with E-state index in [0.29, 0.717) is 12.2 Å². The number of benzene rings is 1. The predicted molar refractivity (Wildman–Crippen MR) is 76.5 cm³/mol. The molecule has 0 aliphatic heterocycles. The van der Waals surface area contributed by atoms with Gasteiger partial charge in [0.15, 0.2) is 0 Å². The van der Waals surface area contributed by atoms with Crippen molar-refractivity contribution in [2.75, 3.05) is 0 Å². The predicted octanol–water partition coefficient (Wildman–Crippen LogP) is 3.73. The Morgan fingerprint density at radius 3 is 2.12 bits per heavy atom. The quantitative estimate of drug-likeness (QED) is 0.874. The van der Waals surface area contributed by atoms with E-state index in [1.165, 1.54) is 0 Å². The van der Waals surface area contributed by atoms with Gasteiger partial charge in [0.2, 0.25) is 0 Å². The average Bonchev–Trinajstić information content (AvgIpc) is 2.06. The van der Waals surface area contributed by atoms with Gasteiger partial charge in [-0.25, -0.2) is 0 Å². The zero-order valence-electron chi connectivity index (χ0n) is 11.3. The van der Waals surface area contributed by atoms with Crippen LogP contribution in [0.4, 0.5) is 0 Å². The fraction of sp³-hybridized carbons (Fsp3) is 0.571. The van der Waals surface area contributed by atoms with E-state index < -0.39 is 0 Å². The minimum Gasteiger partial charge on any atom is -0.507 e. The summed E-state index contributed by atoms with van der Waals surface area (Å²) in [6, 6.07) is 3.92. The lowest BCUT2D eigenvalue weighted by molar-refractivity contribution is 0.427. The molecule has 1 aromatic rings. The summed E-state index contributed by atoms with van der Waals surface area (Å²) < 4.78 is 0.986. The number of hydrogen-bond acceptors (Lipinski definition) is 2. The number of phenolic OH excluding ortho intramolecular Hbond substituents is 1. The molecule has 0 radical (unpaired) electrons. The molecule has 0 spiro atoms. The molecule has 0 aromatic heterocycles. The third kappa shape index (κ3) is 4.00. The summed E-state index contributed by atoms with van der Waals surface area (Å²) in [6.07, 6.45) is 0.654. The van der Waals surface area contributed by atoms with Crippen LogP contribution in [0.3, 0.4) is 0 Å². The highest BCUT2D eigenvalue weighted by Gasteiger charge is 2.23. The first-order valence-electron chi connectivity index (χ1n) is 5.81. The van der Waals surface area contributed by atoms with Crippen LogP contribution in [0, 0.1) is 0 Å². The van der Waals surface area contributed by atoms with Gasteiger partial charge in [-0.3, -0.25) is 0 Å². The Kier molecular flexibility index (Phi) is 3.94. The molecule has 17 heavy (non-hydrogen) atoms. The molecular weight excluding hydrogens is 278 g/mol. The van der Waals surface area contributed by atoms with Crippen LogP contribution < -0.4 is 5.73 Å². The Bertz CT molecular complexity index is 413. The molecule has 0 aliphatic rings. The molecular formula is C14H22BrNO. The summed E-state index contributed by atoms with van der Waals surface area (Å²) >= 11 is 3.50. The molecule has 3 N–H and O–H groups in total. The van der Waals surface area contributed by atoms with E-state index in [9.17, 15) is 5.11 Å². The van der Waals surface area contributed by atoms with Crippen molar-refractivity contribution in [1.29, 1.82) is 0 Å². The van der Waals surface area contributed by atoms with E-state index in [2.05, 4.69) is 36.7 Å². The van der Waals surface area contributed by atoms with Crippen LogP contribution in [-0.2, 0) is 11.8 Å². The lowest BCUT2D eigenvalue weighted by Crippen LogP contribution is -2.34. The Morgan fingerprint density at radius 1 is 1.18 bits per heavy atom. The van der Waals surface area contributed by atoms with Crippen molar-refractivity contribution in [2.45, 2.75) is 52.0 Å². The number of rotatable bonds is 2. The zero-order valence-corrected chi connectivity index (χ0v) is 12.9. The Morgan fingerprint density at radius 2 is 1.71 bits per heavy atom. The highest BCUT2D eigenvalue weighted by molar-refractivity contribution is 9.10. The molecule has 0 saturated heterocycles. The first kappa shape index (κ1) is 14.5. The normalized spacial score (nSPS) is 12.9. The molecule has 0 fully saturated rings. The first-order valence-corrected chi connectivity index (χ1v) is 6.61. The Balaban J connectivity index is 3.29. The number of halogens is 1. The number of aromatic hydroxyl groups is 1. The monoisotopic (exact) mass is 299 g/mol. The van der Waals surface area contributed by atoms with Crippen molar-refractivity contribution < 1.29 is 5.11 Å². The van der Waals surface area contributed by atoms with Crippen LogP contribution in [-0.4, -0.2) is 10.6 Å². The van der Waals surface area contributed by atoms with Gasteiger partial charge in [-0.1, -0.05) is 36.7 Å². The second kappa shape index (κ2) is 4.62. The lowest BCUT2D eigenvalue weighted by Gasteiger charge is -2.25. The average molecular weight is 300 g/mol. The molecule has 2 nitrogen and oxygen atoms in total. The Hall–Kier alpha value is -0.540. The molecule has 1 aromatic carbocycles. The lowest BCUT2D eigenvalue weighted by atomic mass is 9.83. The van der Waals surface area contributed by atoms with Crippen molar-refractivity contribution in [2.24, 2.45) is 5.73 Å². The van der Waals surface area contributed by atoms with Crippen LogP contribution in [0.2, 0.25) is 0 Å². The van der Waals surface area contributed by atoms with E-state index in [1.54, 1.807) is 0 Å². The third-order valence-corrected chi connectivity index (χ3v) is 3.07. The second-order valence-corrected chi connectivity index (χ2v) is 7.29. The molecule has 0 amide bonds. The van der Waals surface area contributed by atoms with Crippen LogP contribution in [0.25, 0.3) is 0 Å². The van der Waals surface area contributed by atoms with Gasteiger partial charge >= 0.3 is 0 Å². The molecule has 0 heterocycles. The van der Waals surface area contributed by atoms with Crippen molar-refractivity contribution in [3.63, 3.8) is 0 Å². The smallest absolute Gasteiger partial charge is 0.122 e. The maximum atomic E-state index is 10.3. The first-order chi connectivity index (χ1) is 7.50. The minimum atomic E-state index is -0.326. The van der Waals surface area contributed by atoms with Gasteiger partial charge < -0.3 is 10.8 Å². The van der Waals surface area contributed by atoms with Crippen LogP contribution in [0.15, 0.2) is 16.6 Å². The fourth-order valence-electron chi connectivity index (χ4n) is 1.85. The molecule has 0 unspecified atom stereocenters. The van der Waals surface area contributed by atoms with Gasteiger partial charge in [0, 0.05) is 15.6 Å². The summed E-state index contributed by atoms with van der Waals surface area (Å²) in [6.45, 7) is 10.2. The van der Waals surface area contributed by atoms with Crippen molar-refractivity contribution >= 4 is 15.9 Å². The molecule has 0 saturated carbocycles. The van der Waals surface area contributed by atoms with Crippen LogP contribution >= 0.6 is 15.9 Å². The number of phenols is 1. The van der Waals surface area contributed by atoms with Gasteiger partial charge in [0.25, 0.3) is 0 Å². The molecule has 0 bridgehead atoms. The van der Waals surface area contributed by atoms with Crippen LogP contribution in [0.1, 0.15) is 45.7 Å². The minimum absolute atomic E-state index is 0.0820. The molecule has 0 atom stereocenters. The standard InChI is InChI=1S/C14H22BrNO/c1-13(2,3)11-7-10(15)6-9(12(11)17)8-14(4,5)16/h6-7,17H,8,16H2,1-5H3. The summed E-state index contributed by atoms with van der Waals surface area (Å²) in [5.74, 6) is 0.374. The van der Waals surface area contributed by atoms with E-state index in [0.717, 1.165) is 15.6 Å². The molecule has 0 aliphatic carbocycles. The summed E-state index contributed by atoms with van der Waals surface area (Å²) in [4.78, 5) is 0. The molecule has 3 heteroatoms. The highest BCUT2D eigenvalue weighted by atomic mass is 79.9. The van der Waals surface area contributed by atoms with Crippen molar-refractivity contribution in [3.8, 4) is 5.75 Å². The summed E-state index contributed by atoms with van der Waals surface area (Å²) in [5, 5.41) is 10.3. The molecule has 96 valence electrons.